The molecule has 0 bridgehead atoms. The minimum absolute atomic E-state index is 0.00223. The highest BCUT2D eigenvalue weighted by atomic mass is 16.2. The van der Waals surface area contributed by atoms with E-state index in [9.17, 15) is 4.79 Å². The molecule has 3 fully saturated rings. The highest BCUT2D eigenvalue weighted by molar-refractivity contribution is 5.84. The molecule has 2 aliphatic carbocycles. The lowest BCUT2D eigenvalue weighted by molar-refractivity contribution is -0.125. The molecule has 2 unspecified atom stereocenters. The summed E-state index contributed by atoms with van der Waals surface area (Å²) in [7, 11) is 0. The van der Waals surface area contributed by atoms with E-state index >= 15 is 0 Å². The molecule has 3 rings (SSSR count). The largest absolute Gasteiger partial charge is 0.355 e. The maximum atomic E-state index is 11.7. The van der Waals surface area contributed by atoms with Gasteiger partial charge in [0, 0.05) is 12.0 Å². The molecule has 1 heterocycles. The summed E-state index contributed by atoms with van der Waals surface area (Å²) in [4.78, 5) is 11.7. The van der Waals surface area contributed by atoms with Crippen molar-refractivity contribution in [2.75, 3.05) is 19.6 Å². The maximum Gasteiger partial charge on any atom is 0.225 e. The van der Waals surface area contributed by atoms with Crippen LogP contribution in [0.1, 0.15) is 19.8 Å². The van der Waals surface area contributed by atoms with Gasteiger partial charge in [0.2, 0.25) is 5.91 Å². The zero-order chi connectivity index (χ0) is 9.76. The Morgan fingerprint density at radius 2 is 2.07 bits per heavy atom. The molecule has 0 spiro atoms. The van der Waals surface area contributed by atoms with Crippen molar-refractivity contribution in [3.8, 4) is 0 Å². The van der Waals surface area contributed by atoms with Crippen LogP contribution >= 0.6 is 0 Å². The molecule has 14 heavy (non-hydrogen) atoms. The Morgan fingerprint density at radius 1 is 1.43 bits per heavy atom. The lowest BCUT2D eigenvalue weighted by Gasteiger charge is -2.10. The fourth-order valence-corrected chi connectivity index (χ4v) is 2.69. The van der Waals surface area contributed by atoms with E-state index < -0.39 is 0 Å². The molecule has 2 saturated carbocycles. The Kier molecular flexibility index (Phi) is 1.69. The Bertz CT molecular complexity index is 262. The van der Waals surface area contributed by atoms with Crippen LogP contribution in [0.15, 0.2) is 0 Å². The number of piperidine rings is 1. The van der Waals surface area contributed by atoms with Crippen LogP contribution in [0.3, 0.4) is 0 Å². The molecule has 3 nitrogen and oxygen atoms in total. The fourth-order valence-electron chi connectivity index (χ4n) is 2.69. The first-order valence-electron chi connectivity index (χ1n) is 5.70. The summed E-state index contributed by atoms with van der Waals surface area (Å²) in [5.74, 6) is 2.79. The molecule has 1 amide bonds. The van der Waals surface area contributed by atoms with Gasteiger partial charge in [0.1, 0.15) is 0 Å². The summed E-state index contributed by atoms with van der Waals surface area (Å²) in [5.41, 5.74) is 0.00223. The van der Waals surface area contributed by atoms with Crippen LogP contribution in [-0.2, 0) is 4.79 Å². The van der Waals surface area contributed by atoms with E-state index in [1.807, 2.05) is 0 Å². The number of fused-ring (bicyclic) bond motifs is 1. The van der Waals surface area contributed by atoms with Gasteiger partial charge >= 0.3 is 0 Å². The first kappa shape index (κ1) is 8.72. The topological polar surface area (TPSA) is 41.1 Å². The average molecular weight is 194 g/mol. The van der Waals surface area contributed by atoms with Gasteiger partial charge < -0.3 is 10.6 Å². The van der Waals surface area contributed by atoms with Gasteiger partial charge in [-0.05, 0) is 43.7 Å². The molecular formula is C11H18N2O. The average Bonchev–Trinajstić information content (AvgIpc) is 3.02. The predicted octanol–water partition coefficient (Wildman–Crippen LogP) is 0.368. The normalized spacial score (nSPS) is 41.6. The Labute approximate surface area is 84.6 Å². The van der Waals surface area contributed by atoms with Crippen molar-refractivity contribution in [2.45, 2.75) is 19.8 Å². The van der Waals surface area contributed by atoms with Crippen molar-refractivity contribution in [2.24, 2.45) is 23.2 Å². The van der Waals surface area contributed by atoms with Gasteiger partial charge in [-0.25, -0.2) is 0 Å². The van der Waals surface area contributed by atoms with Crippen molar-refractivity contribution in [1.29, 1.82) is 0 Å². The van der Waals surface area contributed by atoms with Crippen LogP contribution < -0.4 is 10.6 Å². The van der Waals surface area contributed by atoms with Crippen molar-refractivity contribution in [3.05, 3.63) is 0 Å². The zero-order valence-electron chi connectivity index (χ0n) is 8.68. The number of nitrogens with one attached hydrogen (secondary N) is 2. The lowest BCUT2D eigenvalue weighted by atomic mass is 10.1. The highest BCUT2D eigenvalue weighted by Crippen LogP contribution is 2.49. The molecule has 0 aromatic heterocycles. The summed E-state index contributed by atoms with van der Waals surface area (Å²) in [6, 6.07) is 0. The molecule has 1 aliphatic heterocycles. The monoisotopic (exact) mass is 194 g/mol. The molecular weight excluding hydrogens is 176 g/mol. The molecule has 78 valence electrons. The second-order valence-corrected chi connectivity index (χ2v) is 5.42. The van der Waals surface area contributed by atoms with E-state index in [1.54, 1.807) is 0 Å². The van der Waals surface area contributed by atoms with Crippen LogP contribution in [0.2, 0.25) is 0 Å². The molecule has 3 aliphatic rings. The van der Waals surface area contributed by atoms with Crippen LogP contribution in [0.25, 0.3) is 0 Å². The van der Waals surface area contributed by atoms with Crippen LogP contribution in [0, 0.1) is 23.2 Å². The van der Waals surface area contributed by atoms with Crippen LogP contribution in [0.5, 0.6) is 0 Å². The summed E-state index contributed by atoms with van der Waals surface area (Å²) in [6.45, 7) is 5.33. The molecule has 2 atom stereocenters. The third-order valence-corrected chi connectivity index (χ3v) is 4.32. The van der Waals surface area contributed by atoms with Gasteiger partial charge in [-0.1, -0.05) is 6.92 Å². The molecule has 3 heteroatoms. The maximum absolute atomic E-state index is 11.7. The van der Waals surface area contributed by atoms with E-state index in [1.165, 1.54) is 13.1 Å². The number of amides is 1. The van der Waals surface area contributed by atoms with Crippen molar-refractivity contribution in [1.82, 2.24) is 10.6 Å². The van der Waals surface area contributed by atoms with E-state index in [2.05, 4.69) is 17.6 Å². The molecule has 0 aromatic carbocycles. The van der Waals surface area contributed by atoms with Gasteiger partial charge in [-0.3, -0.25) is 4.79 Å². The Hall–Kier alpha value is -0.570. The summed E-state index contributed by atoms with van der Waals surface area (Å²) in [6.07, 6.45) is 2.16. The summed E-state index contributed by atoms with van der Waals surface area (Å²) < 4.78 is 0. The van der Waals surface area contributed by atoms with Crippen molar-refractivity contribution >= 4 is 5.91 Å². The first-order valence-corrected chi connectivity index (χ1v) is 5.70. The van der Waals surface area contributed by atoms with Gasteiger partial charge in [0.05, 0.1) is 0 Å². The predicted molar refractivity (Wildman–Crippen MR) is 53.7 cm³/mol. The minimum atomic E-state index is 0.00223. The van der Waals surface area contributed by atoms with E-state index in [4.69, 9.17) is 0 Å². The number of hydrogen-bond acceptors (Lipinski definition) is 2. The second kappa shape index (κ2) is 2.72. The smallest absolute Gasteiger partial charge is 0.225 e. The van der Waals surface area contributed by atoms with Gasteiger partial charge in [-0.2, -0.15) is 0 Å². The number of carbonyl (C=O) groups is 1. The molecule has 0 radical (unpaired) electrons. The second-order valence-electron chi connectivity index (χ2n) is 5.42. The fraction of sp³-hybridized carbons (Fsp3) is 0.909. The SMILES string of the molecule is CC1(C(=O)NCC2C3CNCC32)CC1. The number of hydrogen-bond donors (Lipinski definition) is 2. The third-order valence-electron chi connectivity index (χ3n) is 4.32. The highest BCUT2D eigenvalue weighted by Gasteiger charge is 2.53. The third kappa shape index (κ3) is 1.26. The number of carbonyl (C=O) groups excluding carboxylic acids is 1. The lowest BCUT2D eigenvalue weighted by Crippen LogP contribution is -2.33. The first-order chi connectivity index (χ1) is 6.71. The Morgan fingerprint density at radius 3 is 2.64 bits per heavy atom. The van der Waals surface area contributed by atoms with Crippen LogP contribution in [0.4, 0.5) is 0 Å². The molecule has 0 aromatic rings. The number of rotatable bonds is 3. The van der Waals surface area contributed by atoms with Crippen molar-refractivity contribution < 1.29 is 4.79 Å². The zero-order valence-corrected chi connectivity index (χ0v) is 8.68. The summed E-state index contributed by atoms with van der Waals surface area (Å²) in [5, 5.41) is 6.48. The standard InChI is InChI=1S/C11H18N2O/c1-11(2-3-11)10(14)13-6-9-7-4-12-5-8(7)9/h7-9,12H,2-6H2,1H3,(H,13,14). The molecule has 1 saturated heterocycles. The Balaban J connectivity index is 1.45. The molecule has 2 N–H and O–H groups in total. The van der Waals surface area contributed by atoms with Crippen molar-refractivity contribution in [3.63, 3.8) is 0 Å². The van der Waals surface area contributed by atoms with Gasteiger partial charge in [0.15, 0.2) is 0 Å². The summed E-state index contributed by atoms with van der Waals surface area (Å²) >= 11 is 0. The quantitative estimate of drug-likeness (QED) is 0.681. The minimum Gasteiger partial charge on any atom is -0.355 e. The van der Waals surface area contributed by atoms with E-state index in [0.717, 1.165) is 37.1 Å². The van der Waals surface area contributed by atoms with Gasteiger partial charge in [-0.15, -0.1) is 0 Å². The van der Waals surface area contributed by atoms with E-state index in [0.29, 0.717) is 0 Å². The van der Waals surface area contributed by atoms with E-state index in [-0.39, 0.29) is 11.3 Å². The van der Waals surface area contributed by atoms with Gasteiger partial charge in [0.25, 0.3) is 0 Å². The van der Waals surface area contributed by atoms with Crippen LogP contribution in [-0.4, -0.2) is 25.5 Å².